The quantitative estimate of drug-likeness (QED) is 0.626. The van der Waals surface area contributed by atoms with Crippen LogP contribution in [-0.2, 0) is 23.8 Å². The summed E-state index contributed by atoms with van der Waals surface area (Å²) < 4.78 is 14.6. The molecule has 1 fully saturated rings. The van der Waals surface area contributed by atoms with Gasteiger partial charge in [0, 0.05) is 12.6 Å². The Hall–Kier alpha value is -1.14. The highest BCUT2D eigenvalue weighted by molar-refractivity contribution is 5.74. The van der Waals surface area contributed by atoms with Crippen LogP contribution in [0.2, 0.25) is 0 Å². The van der Waals surface area contributed by atoms with Gasteiger partial charge >= 0.3 is 11.9 Å². The first-order chi connectivity index (χ1) is 8.17. The van der Waals surface area contributed by atoms with Gasteiger partial charge in [-0.3, -0.25) is 14.5 Å². The van der Waals surface area contributed by atoms with Crippen molar-refractivity contribution in [3.8, 4) is 0 Å². The Bertz CT molecular complexity index is 245. The van der Waals surface area contributed by atoms with Crippen LogP contribution in [0.3, 0.4) is 0 Å². The van der Waals surface area contributed by atoms with Gasteiger partial charge in [-0.15, -0.1) is 0 Å². The van der Waals surface area contributed by atoms with Gasteiger partial charge in [0.1, 0.15) is 0 Å². The molecule has 1 aliphatic rings. The summed E-state index contributed by atoms with van der Waals surface area (Å²) >= 11 is 0. The van der Waals surface area contributed by atoms with Crippen molar-refractivity contribution in [2.45, 2.75) is 18.9 Å². The van der Waals surface area contributed by atoms with Gasteiger partial charge in [0.25, 0.3) is 0 Å². The van der Waals surface area contributed by atoms with Gasteiger partial charge in [0.15, 0.2) is 0 Å². The van der Waals surface area contributed by atoms with Crippen LogP contribution in [0, 0.1) is 0 Å². The minimum Gasteiger partial charge on any atom is -0.468 e. The molecule has 0 amide bonds. The van der Waals surface area contributed by atoms with Gasteiger partial charge in [-0.1, -0.05) is 0 Å². The zero-order valence-corrected chi connectivity index (χ0v) is 10.3. The number of nitrogens with zero attached hydrogens (tertiary/aromatic N) is 1. The summed E-state index contributed by atoms with van der Waals surface area (Å²) in [6, 6.07) is 0.0712. The number of ether oxygens (including phenoxy) is 3. The zero-order valence-electron chi connectivity index (χ0n) is 10.3. The third-order valence-electron chi connectivity index (χ3n) is 2.77. The number of esters is 2. The van der Waals surface area contributed by atoms with Gasteiger partial charge in [-0.2, -0.15) is 0 Å². The molecule has 0 bridgehead atoms. The summed E-state index contributed by atoms with van der Waals surface area (Å²) in [5, 5.41) is 0. The minimum absolute atomic E-state index is 0.0712. The summed E-state index contributed by atoms with van der Waals surface area (Å²) in [6.07, 6.45) is 1.84. The van der Waals surface area contributed by atoms with E-state index in [9.17, 15) is 9.59 Å². The predicted octanol–water partition coefficient (Wildman–Crippen LogP) is -0.187. The molecule has 0 aromatic carbocycles. The fraction of sp³-hybridized carbons (Fsp3) is 0.818. The van der Waals surface area contributed by atoms with Crippen molar-refractivity contribution < 1.29 is 23.8 Å². The second kappa shape index (κ2) is 7.24. The molecule has 0 aromatic heterocycles. The first kappa shape index (κ1) is 13.9. The van der Waals surface area contributed by atoms with E-state index in [-0.39, 0.29) is 31.1 Å². The normalized spacial score (nSPS) is 20.1. The third-order valence-corrected chi connectivity index (χ3v) is 2.77. The molecule has 1 unspecified atom stereocenters. The molecule has 0 saturated carbocycles. The maximum absolute atomic E-state index is 11.3. The lowest BCUT2D eigenvalue weighted by Gasteiger charge is -2.32. The maximum atomic E-state index is 11.3. The highest BCUT2D eigenvalue weighted by Gasteiger charge is 2.26. The molecule has 0 aliphatic carbocycles. The van der Waals surface area contributed by atoms with Gasteiger partial charge in [-0.05, 0) is 12.8 Å². The van der Waals surface area contributed by atoms with E-state index in [1.54, 1.807) is 4.90 Å². The fourth-order valence-corrected chi connectivity index (χ4v) is 1.79. The number of carbonyl (C=O) groups is 2. The molecule has 0 spiro atoms. The van der Waals surface area contributed by atoms with E-state index in [0.717, 1.165) is 19.4 Å². The van der Waals surface area contributed by atoms with Crippen LogP contribution >= 0.6 is 0 Å². The molecule has 0 radical (unpaired) electrons. The van der Waals surface area contributed by atoms with Crippen molar-refractivity contribution in [1.29, 1.82) is 0 Å². The van der Waals surface area contributed by atoms with Crippen LogP contribution in [0.4, 0.5) is 0 Å². The third kappa shape index (κ3) is 4.70. The zero-order chi connectivity index (χ0) is 12.7. The number of hydrogen-bond acceptors (Lipinski definition) is 6. The van der Waals surface area contributed by atoms with Crippen LogP contribution in [0.15, 0.2) is 0 Å². The average Bonchev–Trinajstić information content (AvgIpc) is 2.38. The molecule has 0 N–H and O–H groups in total. The first-order valence-corrected chi connectivity index (χ1v) is 5.62. The lowest BCUT2D eigenvalue weighted by Crippen LogP contribution is -2.46. The Balaban J connectivity index is 2.56. The van der Waals surface area contributed by atoms with Crippen LogP contribution in [0.5, 0.6) is 0 Å². The van der Waals surface area contributed by atoms with Gasteiger partial charge in [-0.25, -0.2) is 0 Å². The molecule has 0 aromatic rings. The van der Waals surface area contributed by atoms with Crippen molar-refractivity contribution in [2.75, 3.05) is 40.5 Å². The predicted molar refractivity (Wildman–Crippen MR) is 59.4 cm³/mol. The molecule has 1 atom stereocenters. The molecule has 17 heavy (non-hydrogen) atoms. The summed E-state index contributed by atoms with van der Waals surface area (Å²) in [6.45, 7) is 1.44. The number of methoxy groups -OCH3 is 2. The summed E-state index contributed by atoms with van der Waals surface area (Å²) in [7, 11) is 2.66. The SMILES string of the molecule is COC(=O)CN(CC(=O)OC)C1CCCOC1. The van der Waals surface area contributed by atoms with Gasteiger partial charge in [0.05, 0.1) is 33.9 Å². The van der Waals surface area contributed by atoms with E-state index in [0.29, 0.717) is 6.61 Å². The minimum atomic E-state index is -0.362. The van der Waals surface area contributed by atoms with Crippen molar-refractivity contribution >= 4 is 11.9 Å². The molecular weight excluding hydrogens is 226 g/mol. The standard InChI is InChI=1S/C11H19NO5/c1-15-10(13)6-12(7-11(14)16-2)9-4-3-5-17-8-9/h9H,3-8H2,1-2H3. The van der Waals surface area contributed by atoms with E-state index >= 15 is 0 Å². The molecule has 1 saturated heterocycles. The van der Waals surface area contributed by atoms with Crippen molar-refractivity contribution in [3.63, 3.8) is 0 Å². The monoisotopic (exact) mass is 245 g/mol. The Morgan fingerprint density at radius 3 is 2.24 bits per heavy atom. The Morgan fingerprint density at radius 1 is 1.24 bits per heavy atom. The summed E-state index contributed by atoms with van der Waals surface area (Å²) in [5.74, 6) is -0.723. The number of carbonyl (C=O) groups excluding carboxylic acids is 2. The van der Waals surface area contributed by atoms with E-state index in [2.05, 4.69) is 9.47 Å². The second-order valence-electron chi connectivity index (χ2n) is 3.93. The van der Waals surface area contributed by atoms with Crippen LogP contribution in [-0.4, -0.2) is 63.4 Å². The number of rotatable bonds is 5. The number of hydrogen-bond donors (Lipinski definition) is 0. The molecule has 6 heteroatoms. The first-order valence-electron chi connectivity index (χ1n) is 5.62. The fourth-order valence-electron chi connectivity index (χ4n) is 1.79. The Kier molecular flexibility index (Phi) is 5.93. The summed E-state index contributed by atoms with van der Waals surface area (Å²) in [5.41, 5.74) is 0. The topological polar surface area (TPSA) is 65.1 Å². The van der Waals surface area contributed by atoms with E-state index in [4.69, 9.17) is 4.74 Å². The van der Waals surface area contributed by atoms with Crippen LogP contribution < -0.4 is 0 Å². The smallest absolute Gasteiger partial charge is 0.319 e. The lowest BCUT2D eigenvalue weighted by atomic mass is 10.1. The average molecular weight is 245 g/mol. The highest BCUT2D eigenvalue weighted by Crippen LogP contribution is 2.13. The maximum Gasteiger partial charge on any atom is 0.319 e. The van der Waals surface area contributed by atoms with Crippen molar-refractivity contribution in [3.05, 3.63) is 0 Å². The summed E-state index contributed by atoms with van der Waals surface area (Å²) in [4.78, 5) is 24.3. The largest absolute Gasteiger partial charge is 0.468 e. The molecule has 98 valence electrons. The molecular formula is C11H19NO5. The molecule has 1 heterocycles. The lowest BCUT2D eigenvalue weighted by molar-refractivity contribution is -0.147. The molecule has 6 nitrogen and oxygen atoms in total. The highest BCUT2D eigenvalue weighted by atomic mass is 16.5. The Morgan fingerprint density at radius 2 is 1.82 bits per heavy atom. The molecule has 1 rings (SSSR count). The van der Waals surface area contributed by atoms with Crippen molar-refractivity contribution in [2.24, 2.45) is 0 Å². The second-order valence-corrected chi connectivity index (χ2v) is 3.93. The van der Waals surface area contributed by atoms with Crippen molar-refractivity contribution in [1.82, 2.24) is 4.90 Å². The van der Waals surface area contributed by atoms with E-state index < -0.39 is 0 Å². The Labute approximate surface area is 101 Å². The van der Waals surface area contributed by atoms with E-state index in [1.807, 2.05) is 0 Å². The van der Waals surface area contributed by atoms with E-state index in [1.165, 1.54) is 14.2 Å². The van der Waals surface area contributed by atoms with Crippen LogP contribution in [0.1, 0.15) is 12.8 Å². The van der Waals surface area contributed by atoms with Crippen LogP contribution in [0.25, 0.3) is 0 Å². The van der Waals surface area contributed by atoms with Gasteiger partial charge in [0.2, 0.25) is 0 Å². The molecule has 1 aliphatic heterocycles. The van der Waals surface area contributed by atoms with Gasteiger partial charge < -0.3 is 14.2 Å².